The summed E-state index contributed by atoms with van der Waals surface area (Å²) in [6.45, 7) is 5.43. The van der Waals surface area contributed by atoms with Gasteiger partial charge in [0.1, 0.15) is 11.3 Å². The van der Waals surface area contributed by atoms with Crippen LogP contribution in [0, 0.1) is 6.92 Å². The number of nitrogens with zero attached hydrogens (tertiary/aromatic N) is 4. The van der Waals surface area contributed by atoms with Crippen LogP contribution in [0.4, 0.5) is 0 Å². The number of carbonyl (C=O) groups excluding carboxylic acids is 1. The van der Waals surface area contributed by atoms with Crippen molar-refractivity contribution in [2.45, 2.75) is 38.8 Å². The molecule has 0 saturated carbocycles. The number of amides is 1. The standard InChI is InChI=1S/C24H25N5O3/c1-15-11-20-19(12-18(15)24(31)28-8-7-27-6-2-3-17(27)14-28)26-23(30)21-13-25-22(29(20)21)16-4-9-32-10-5-16/h2-3,6,11-13,16H,4-5,7-10,14H2,1H3,(H,26,30). The molecule has 8 nitrogen and oxygen atoms in total. The quantitative estimate of drug-likeness (QED) is 0.529. The van der Waals surface area contributed by atoms with E-state index in [-0.39, 0.29) is 17.4 Å². The predicted molar refractivity (Wildman–Crippen MR) is 120 cm³/mol. The number of carbonyl (C=O) groups is 1. The van der Waals surface area contributed by atoms with Gasteiger partial charge in [0.25, 0.3) is 11.5 Å². The molecule has 32 heavy (non-hydrogen) atoms. The third kappa shape index (κ3) is 2.97. The van der Waals surface area contributed by atoms with E-state index in [1.807, 2.05) is 34.4 Å². The van der Waals surface area contributed by atoms with Gasteiger partial charge in [-0.3, -0.25) is 14.0 Å². The Hall–Kier alpha value is -3.39. The second kappa shape index (κ2) is 7.34. The van der Waals surface area contributed by atoms with E-state index in [4.69, 9.17) is 4.74 Å². The Morgan fingerprint density at radius 2 is 2.03 bits per heavy atom. The first-order valence-electron chi connectivity index (χ1n) is 11.1. The Balaban J connectivity index is 1.45. The smallest absolute Gasteiger partial charge is 0.274 e. The first-order chi connectivity index (χ1) is 15.6. The maximum absolute atomic E-state index is 13.4. The molecule has 2 aliphatic heterocycles. The van der Waals surface area contributed by atoms with Crippen molar-refractivity contribution in [1.29, 1.82) is 0 Å². The number of aromatic amines is 1. The lowest BCUT2D eigenvalue weighted by molar-refractivity contribution is 0.0710. The van der Waals surface area contributed by atoms with E-state index in [0.717, 1.165) is 42.0 Å². The van der Waals surface area contributed by atoms with E-state index in [0.29, 0.717) is 42.9 Å². The normalized spacial score (nSPS) is 17.2. The van der Waals surface area contributed by atoms with Crippen molar-refractivity contribution in [2.75, 3.05) is 19.8 Å². The first-order valence-corrected chi connectivity index (χ1v) is 11.1. The third-order valence-corrected chi connectivity index (χ3v) is 6.84. The second-order valence-electron chi connectivity index (χ2n) is 8.78. The molecule has 0 bridgehead atoms. The molecule has 3 aromatic heterocycles. The van der Waals surface area contributed by atoms with E-state index in [1.54, 1.807) is 6.20 Å². The lowest BCUT2D eigenvalue weighted by atomic mass is 9.99. The molecule has 8 heteroatoms. The maximum Gasteiger partial charge on any atom is 0.274 e. The molecule has 1 N–H and O–H groups in total. The Morgan fingerprint density at radius 1 is 1.19 bits per heavy atom. The molecule has 1 aromatic carbocycles. The molecule has 1 saturated heterocycles. The minimum absolute atomic E-state index is 0.00641. The summed E-state index contributed by atoms with van der Waals surface area (Å²) < 4.78 is 9.66. The number of aryl methyl sites for hydroxylation is 1. The van der Waals surface area contributed by atoms with Crippen LogP contribution in [0.2, 0.25) is 0 Å². The van der Waals surface area contributed by atoms with Crippen LogP contribution in [0.25, 0.3) is 16.6 Å². The highest BCUT2D eigenvalue weighted by Crippen LogP contribution is 2.29. The van der Waals surface area contributed by atoms with Crippen LogP contribution in [0.1, 0.15) is 46.2 Å². The fraction of sp³-hybridized carbons (Fsp3) is 0.375. The van der Waals surface area contributed by atoms with Gasteiger partial charge in [-0.15, -0.1) is 0 Å². The van der Waals surface area contributed by atoms with E-state index in [1.165, 1.54) is 0 Å². The maximum atomic E-state index is 13.4. The third-order valence-electron chi connectivity index (χ3n) is 6.84. The van der Waals surface area contributed by atoms with Crippen molar-refractivity contribution < 1.29 is 9.53 Å². The van der Waals surface area contributed by atoms with Crippen molar-refractivity contribution in [3.63, 3.8) is 0 Å². The summed E-state index contributed by atoms with van der Waals surface area (Å²) in [6.07, 6.45) is 5.48. The average molecular weight is 431 g/mol. The van der Waals surface area contributed by atoms with Crippen LogP contribution in [-0.2, 0) is 17.8 Å². The molecule has 0 radical (unpaired) electrons. The lowest BCUT2D eigenvalue weighted by Crippen LogP contribution is -2.38. The molecular weight excluding hydrogens is 406 g/mol. The van der Waals surface area contributed by atoms with Crippen molar-refractivity contribution in [3.05, 3.63) is 69.7 Å². The van der Waals surface area contributed by atoms with Gasteiger partial charge < -0.3 is 19.2 Å². The highest BCUT2D eigenvalue weighted by Gasteiger charge is 2.25. The molecule has 4 aromatic rings. The molecule has 0 unspecified atom stereocenters. The number of imidazole rings is 1. The zero-order valence-corrected chi connectivity index (χ0v) is 18.0. The molecule has 0 spiro atoms. The summed E-state index contributed by atoms with van der Waals surface area (Å²) in [4.78, 5) is 35.7. The van der Waals surface area contributed by atoms with Gasteiger partial charge >= 0.3 is 0 Å². The van der Waals surface area contributed by atoms with E-state index in [2.05, 4.69) is 26.8 Å². The number of nitrogens with one attached hydrogen (secondary N) is 1. The average Bonchev–Trinajstić information content (AvgIpc) is 3.47. The number of hydrogen-bond acceptors (Lipinski definition) is 4. The zero-order chi connectivity index (χ0) is 21.8. The van der Waals surface area contributed by atoms with Crippen LogP contribution >= 0.6 is 0 Å². The van der Waals surface area contributed by atoms with Crippen LogP contribution in [0.5, 0.6) is 0 Å². The van der Waals surface area contributed by atoms with Gasteiger partial charge in [0.2, 0.25) is 0 Å². The minimum Gasteiger partial charge on any atom is -0.381 e. The number of rotatable bonds is 2. The summed E-state index contributed by atoms with van der Waals surface area (Å²) in [7, 11) is 0. The topological polar surface area (TPSA) is 84.6 Å². The molecule has 6 rings (SSSR count). The van der Waals surface area contributed by atoms with Gasteiger partial charge in [0.05, 0.1) is 23.8 Å². The number of hydrogen-bond donors (Lipinski definition) is 1. The molecule has 0 aliphatic carbocycles. The number of fused-ring (bicyclic) bond motifs is 4. The molecule has 1 amide bonds. The minimum atomic E-state index is -0.193. The van der Waals surface area contributed by atoms with Gasteiger partial charge in [-0.05, 0) is 49.6 Å². The molecule has 164 valence electrons. The number of H-pyrrole nitrogens is 1. The van der Waals surface area contributed by atoms with E-state index >= 15 is 0 Å². The Labute approximate surface area is 184 Å². The summed E-state index contributed by atoms with van der Waals surface area (Å²) in [6, 6.07) is 7.90. The molecule has 1 fully saturated rings. The highest BCUT2D eigenvalue weighted by atomic mass is 16.5. The summed E-state index contributed by atoms with van der Waals surface area (Å²) in [5.41, 5.74) is 4.53. The van der Waals surface area contributed by atoms with Crippen molar-refractivity contribution in [1.82, 2.24) is 23.8 Å². The first kappa shape index (κ1) is 19.3. The summed E-state index contributed by atoms with van der Waals surface area (Å²) >= 11 is 0. The number of ether oxygens (including phenoxy) is 1. The lowest BCUT2D eigenvalue weighted by Gasteiger charge is -2.29. The van der Waals surface area contributed by atoms with Crippen LogP contribution < -0.4 is 5.56 Å². The fourth-order valence-corrected chi connectivity index (χ4v) is 5.08. The van der Waals surface area contributed by atoms with Crippen molar-refractivity contribution in [2.24, 2.45) is 0 Å². The van der Waals surface area contributed by atoms with Crippen LogP contribution in [0.3, 0.4) is 0 Å². The predicted octanol–water partition coefficient (Wildman–Crippen LogP) is 2.84. The van der Waals surface area contributed by atoms with E-state index in [9.17, 15) is 9.59 Å². The molecular formula is C24H25N5O3. The number of benzene rings is 1. The summed E-state index contributed by atoms with van der Waals surface area (Å²) in [5, 5.41) is 0. The molecule has 2 aliphatic rings. The Bertz CT molecular complexity index is 1410. The molecule has 0 atom stereocenters. The zero-order valence-electron chi connectivity index (χ0n) is 18.0. The number of aromatic nitrogens is 4. The van der Waals surface area contributed by atoms with E-state index < -0.39 is 0 Å². The second-order valence-corrected chi connectivity index (χ2v) is 8.78. The Morgan fingerprint density at radius 3 is 2.88 bits per heavy atom. The largest absolute Gasteiger partial charge is 0.381 e. The van der Waals surface area contributed by atoms with Crippen molar-refractivity contribution in [3.8, 4) is 0 Å². The highest BCUT2D eigenvalue weighted by molar-refractivity contribution is 5.99. The fourth-order valence-electron chi connectivity index (χ4n) is 5.08. The van der Waals surface area contributed by atoms with Crippen LogP contribution in [-0.4, -0.2) is 49.5 Å². The summed E-state index contributed by atoms with van der Waals surface area (Å²) in [5.74, 6) is 1.14. The van der Waals surface area contributed by atoms with Crippen LogP contribution in [0.15, 0.2) is 41.5 Å². The van der Waals surface area contributed by atoms with Gasteiger partial charge in [0.15, 0.2) is 0 Å². The Kier molecular flexibility index (Phi) is 4.43. The van der Waals surface area contributed by atoms with Gasteiger partial charge in [-0.1, -0.05) is 0 Å². The monoisotopic (exact) mass is 431 g/mol. The molecule has 5 heterocycles. The SMILES string of the molecule is Cc1cc2c(cc1C(=O)N1CCn3cccc3C1)[nH]c(=O)c1cnc(C3CCOCC3)n12. The van der Waals surface area contributed by atoms with Gasteiger partial charge in [0, 0.05) is 49.7 Å². The van der Waals surface area contributed by atoms with Crippen molar-refractivity contribution >= 4 is 22.5 Å². The van der Waals surface area contributed by atoms with Gasteiger partial charge in [-0.25, -0.2) is 4.98 Å². The van der Waals surface area contributed by atoms with Gasteiger partial charge in [-0.2, -0.15) is 0 Å².